The van der Waals surface area contributed by atoms with Crippen molar-refractivity contribution in [1.82, 2.24) is 5.43 Å². The molecule has 252 valence electrons. The molecule has 2 N–H and O–H groups in total. The van der Waals surface area contributed by atoms with E-state index in [0.717, 1.165) is 29.5 Å². The molecule has 1 aromatic heterocycles. The number of carbonyl (C=O) groups is 5. The van der Waals surface area contributed by atoms with Crippen LogP contribution in [0.15, 0.2) is 71.8 Å². The molecule has 1 atom stereocenters. The Hall–Kier alpha value is -5.04. The van der Waals surface area contributed by atoms with Crippen LogP contribution in [0.1, 0.15) is 67.3 Å². The molecule has 1 aliphatic carbocycles. The number of hydrazone groups is 1. The summed E-state index contributed by atoms with van der Waals surface area (Å²) in [6.07, 6.45) is 3.46. The third kappa shape index (κ3) is 8.91. The largest absolute Gasteiger partial charge is 0.462 e. The summed E-state index contributed by atoms with van der Waals surface area (Å²) in [6, 6.07) is 16.2. The maximum Gasteiger partial charge on any atom is 0.343 e. The molecule has 49 heavy (non-hydrogen) atoms. The average Bonchev–Trinajstić information content (AvgIpc) is 3.43. The Kier molecular flexibility index (Phi) is 11.4. The number of carbonyl (C=O) groups excluding carboxylic acids is 5. The lowest BCUT2D eigenvalue weighted by atomic mass is 9.88. The van der Waals surface area contributed by atoms with Crippen LogP contribution in [-0.4, -0.2) is 42.5 Å². The lowest BCUT2D eigenvalue weighted by Gasteiger charge is -2.18. The van der Waals surface area contributed by atoms with Gasteiger partial charge in [0.05, 0.1) is 29.5 Å². The zero-order valence-electron chi connectivity index (χ0n) is 26.2. The fourth-order valence-electron chi connectivity index (χ4n) is 4.90. The van der Waals surface area contributed by atoms with Crippen LogP contribution in [0.5, 0.6) is 11.5 Å². The molecule has 2 amide bonds. The zero-order valence-corrected chi connectivity index (χ0v) is 28.5. The molecule has 1 heterocycles. The minimum atomic E-state index is -1.11. The molecule has 0 saturated carbocycles. The van der Waals surface area contributed by atoms with E-state index in [1.165, 1.54) is 65.9 Å². The van der Waals surface area contributed by atoms with Gasteiger partial charge in [-0.25, -0.2) is 19.8 Å². The Morgan fingerprint density at radius 3 is 2.14 bits per heavy atom. The van der Waals surface area contributed by atoms with E-state index in [1.54, 1.807) is 19.1 Å². The van der Waals surface area contributed by atoms with Gasteiger partial charge in [-0.2, -0.15) is 5.10 Å². The molecular weight excluding hydrogens is 693 g/mol. The van der Waals surface area contributed by atoms with Crippen LogP contribution in [0.25, 0.3) is 0 Å². The lowest BCUT2D eigenvalue weighted by Crippen LogP contribution is -2.32. The number of benzene rings is 3. The van der Waals surface area contributed by atoms with Gasteiger partial charge in [-0.15, -0.1) is 11.3 Å². The van der Waals surface area contributed by atoms with Gasteiger partial charge in [0.25, 0.3) is 0 Å². The van der Waals surface area contributed by atoms with Crippen molar-refractivity contribution in [3.05, 3.63) is 109 Å². The highest BCUT2D eigenvalue weighted by molar-refractivity contribution is 7.17. The number of nitrogens with zero attached hydrogens (tertiary/aromatic N) is 1. The predicted molar refractivity (Wildman–Crippen MR) is 185 cm³/mol. The summed E-state index contributed by atoms with van der Waals surface area (Å²) < 4.78 is 16.3. The van der Waals surface area contributed by atoms with Gasteiger partial charge in [0, 0.05) is 26.6 Å². The summed E-state index contributed by atoms with van der Waals surface area (Å²) in [5.74, 6) is -3.76. The molecule has 0 fully saturated rings. The number of nitrogens with one attached hydrogen (secondary N) is 2. The summed E-state index contributed by atoms with van der Waals surface area (Å²) >= 11 is 13.1. The SMILES string of the molecule is CCOC(=O)c1c(NC(=O)C(=O)N/N=C\c2ccc(OC(=O)c3ccc(Cl)cc3)cc2OC(=O)c2ccc(Cl)cc2)sc2c1CC[C@H](C)C2. The first kappa shape index (κ1) is 35.3. The standard InChI is InChI=1S/C35H29Cl2N3O8S/c1-3-46-35(45)29-26-15-4-19(2)16-28(26)49-32(29)39-30(41)31(42)40-38-18-22-9-14-25(47-33(43)20-5-10-23(36)11-6-20)17-27(22)48-34(44)21-7-12-24(37)13-8-21/h5-14,17-19H,3-4,15-16H2,1-2H3,(H,39,41)(H,40,42)/b38-18-/t19-/m0/s1. The number of halogens is 2. The van der Waals surface area contributed by atoms with Gasteiger partial charge in [-0.1, -0.05) is 30.1 Å². The number of ether oxygens (including phenoxy) is 3. The number of anilines is 1. The number of amides is 2. The molecular formula is C35H29Cl2N3O8S. The zero-order chi connectivity index (χ0) is 35.1. The smallest absolute Gasteiger partial charge is 0.343 e. The van der Waals surface area contributed by atoms with Crippen LogP contribution >= 0.6 is 34.5 Å². The average molecular weight is 723 g/mol. The minimum Gasteiger partial charge on any atom is -0.462 e. The van der Waals surface area contributed by atoms with Crippen LogP contribution in [0.4, 0.5) is 5.00 Å². The first-order valence-electron chi connectivity index (χ1n) is 15.1. The summed E-state index contributed by atoms with van der Waals surface area (Å²) in [5, 5.41) is 7.50. The maximum atomic E-state index is 12.9. The Labute approximate surface area is 295 Å². The van der Waals surface area contributed by atoms with Crippen molar-refractivity contribution in [2.24, 2.45) is 11.0 Å². The van der Waals surface area contributed by atoms with E-state index in [-0.39, 0.29) is 45.4 Å². The van der Waals surface area contributed by atoms with E-state index in [0.29, 0.717) is 22.4 Å². The number of hydrogen-bond donors (Lipinski definition) is 2. The van der Waals surface area contributed by atoms with Crippen LogP contribution in [-0.2, 0) is 27.2 Å². The van der Waals surface area contributed by atoms with Crippen molar-refractivity contribution >= 4 is 75.5 Å². The first-order valence-corrected chi connectivity index (χ1v) is 16.6. The van der Waals surface area contributed by atoms with Gasteiger partial charge < -0.3 is 19.5 Å². The highest BCUT2D eigenvalue weighted by atomic mass is 35.5. The molecule has 0 saturated heterocycles. The van der Waals surface area contributed by atoms with Crippen molar-refractivity contribution in [2.75, 3.05) is 11.9 Å². The highest BCUT2D eigenvalue weighted by Crippen LogP contribution is 2.40. The second kappa shape index (κ2) is 15.9. The van der Waals surface area contributed by atoms with E-state index in [9.17, 15) is 24.0 Å². The molecule has 0 radical (unpaired) electrons. The van der Waals surface area contributed by atoms with E-state index in [2.05, 4.69) is 22.8 Å². The Morgan fingerprint density at radius 2 is 1.51 bits per heavy atom. The minimum absolute atomic E-state index is 0.0462. The summed E-state index contributed by atoms with van der Waals surface area (Å²) in [6.45, 7) is 3.96. The van der Waals surface area contributed by atoms with E-state index < -0.39 is 29.7 Å². The fourth-order valence-corrected chi connectivity index (χ4v) is 6.54. The fraction of sp³-hybridized carbons (Fsp3) is 0.200. The third-order valence-corrected chi connectivity index (χ3v) is 9.03. The van der Waals surface area contributed by atoms with Gasteiger partial charge in [0.1, 0.15) is 16.5 Å². The molecule has 1 aliphatic rings. The van der Waals surface area contributed by atoms with E-state index in [1.807, 2.05) is 0 Å². The quantitative estimate of drug-likeness (QED) is 0.0624. The second-order valence-electron chi connectivity index (χ2n) is 10.9. The van der Waals surface area contributed by atoms with Crippen LogP contribution in [0, 0.1) is 5.92 Å². The van der Waals surface area contributed by atoms with Gasteiger partial charge in [0.2, 0.25) is 0 Å². The summed E-state index contributed by atoms with van der Waals surface area (Å²) in [5.41, 5.74) is 3.86. The molecule has 4 aromatic rings. The molecule has 14 heteroatoms. The normalized spacial score (nSPS) is 13.7. The Bertz CT molecular complexity index is 1940. The second-order valence-corrected chi connectivity index (χ2v) is 12.9. The van der Waals surface area contributed by atoms with Crippen LogP contribution in [0.2, 0.25) is 10.0 Å². The van der Waals surface area contributed by atoms with Crippen molar-refractivity contribution in [1.29, 1.82) is 0 Å². The number of thiophene rings is 1. The van der Waals surface area contributed by atoms with E-state index in [4.69, 9.17) is 37.4 Å². The molecule has 3 aromatic carbocycles. The number of fused-ring (bicyclic) bond motifs is 1. The van der Waals surface area contributed by atoms with Gasteiger partial charge in [-0.05, 0) is 98.3 Å². The lowest BCUT2D eigenvalue weighted by molar-refractivity contribution is -0.136. The topological polar surface area (TPSA) is 149 Å². The van der Waals surface area contributed by atoms with Crippen molar-refractivity contribution < 1.29 is 38.2 Å². The molecule has 0 spiro atoms. The van der Waals surface area contributed by atoms with Crippen LogP contribution < -0.4 is 20.2 Å². The Balaban J connectivity index is 1.32. The third-order valence-electron chi connectivity index (χ3n) is 7.35. The molecule has 0 aliphatic heterocycles. The van der Waals surface area contributed by atoms with Crippen molar-refractivity contribution in [3.63, 3.8) is 0 Å². The monoisotopic (exact) mass is 721 g/mol. The van der Waals surface area contributed by atoms with Gasteiger partial charge in [0.15, 0.2) is 0 Å². The maximum absolute atomic E-state index is 12.9. The highest BCUT2D eigenvalue weighted by Gasteiger charge is 2.30. The summed E-state index contributed by atoms with van der Waals surface area (Å²) in [4.78, 5) is 65.0. The van der Waals surface area contributed by atoms with E-state index >= 15 is 0 Å². The van der Waals surface area contributed by atoms with Gasteiger partial charge in [-0.3, -0.25) is 9.59 Å². The molecule has 0 bridgehead atoms. The number of esters is 3. The van der Waals surface area contributed by atoms with Crippen LogP contribution in [0.3, 0.4) is 0 Å². The van der Waals surface area contributed by atoms with Crippen molar-refractivity contribution in [2.45, 2.75) is 33.1 Å². The van der Waals surface area contributed by atoms with Crippen molar-refractivity contribution in [3.8, 4) is 11.5 Å². The Morgan fingerprint density at radius 1 is 0.878 bits per heavy atom. The van der Waals surface area contributed by atoms with Gasteiger partial charge >= 0.3 is 29.7 Å². The number of rotatable bonds is 9. The predicted octanol–water partition coefficient (Wildman–Crippen LogP) is 6.88. The summed E-state index contributed by atoms with van der Waals surface area (Å²) in [7, 11) is 0. The first-order chi connectivity index (χ1) is 23.5. The number of hydrogen-bond acceptors (Lipinski definition) is 10. The molecule has 5 rings (SSSR count). The molecule has 11 nitrogen and oxygen atoms in total. The molecule has 0 unspecified atom stereocenters.